The van der Waals surface area contributed by atoms with Crippen molar-refractivity contribution in [3.63, 3.8) is 0 Å². The summed E-state index contributed by atoms with van der Waals surface area (Å²) in [5.41, 5.74) is 9.43. The second-order valence-corrected chi connectivity index (χ2v) is 9.15. The first kappa shape index (κ1) is 23.3. The Bertz CT molecular complexity index is 1070. The Hall–Kier alpha value is -2.91. The molecule has 0 saturated carbocycles. The number of hydrogen-bond donors (Lipinski definition) is 3. The first-order chi connectivity index (χ1) is 15.9. The van der Waals surface area contributed by atoms with Gasteiger partial charge in [-0.2, -0.15) is 0 Å². The minimum absolute atomic E-state index is 0.104. The van der Waals surface area contributed by atoms with Crippen LogP contribution in [0.15, 0.2) is 47.9 Å². The van der Waals surface area contributed by atoms with Gasteiger partial charge in [0.25, 0.3) is 0 Å². The van der Waals surface area contributed by atoms with Crippen LogP contribution in [-0.2, 0) is 11.5 Å². The van der Waals surface area contributed by atoms with E-state index in [2.05, 4.69) is 11.9 Å². The van der Waals surface area contributed by atoms with Gasteiger partial charge in [0.15, 0.2) is 0 Å². The molecule has 2 aromatic rings. The summed E-state index contributed by atoms with van der Waals surface area (Å²) in [6.07, 6.45) is 1.30. The number of hydrogen-bond acceptors (Lipinski definition) is 5. The lowest BCUT2D eigenvalue weighted by Gasteiger charge is -2.36. The molecule has 4 rings (SSSR count). The maximum Gasteiger partial charge on any atom is 0.246 e. The van der Waals surface area contributed by atoms with Gasteiger partial charge in [0.1, 0.15) is 18.3 Å². The maximum atomic E-state index is 14.3. The van der Waals surface area contributed by atoms with Crippen LogP contribution in [0.1, 0.15) is 11.1 Å². The largest absolute Gasteiger partial charge is 0.382 e. The summed E-state index contributed by atoms with van der Waals surface area (Å²) in [7, 11) is 0. The highest BCUT2D eigenvalue weighted by atomic mass is 32.2. The van der Waals surface area contributed by atoms with Crippen LogP contribution in [-0.4, -0.2) is 66.1 Å². The molecule has 0 spiro atoms. The van der Waals surface area contributed by atoms with Gasteiger partial charge in [-0.1, -0.05) is 18.7 Å². The molecule has 2 aliphatic rings. The third-order valence-electron chi connectivity index (χ3n) is 5.96. The molecule has 174 valence electrons. The monoisotopic (exact) mass is 471 g/mol. The smallest absolute Gasteiger partial charge is 0.246 e. The lowest BCUT2D eigenvalue weighted by Crippen LogP contribution is -2.50. The summed E-state index contributed by atoms with van der Waals surface area (Å²) in [5, 5.41) is 12.3. The van der Waals surface area contributed by atoms with Gasteiger partial charge < -0.3 is 20.9 Å². The number of carbonyl (C=O) groups is 1. The van der Waals surface area contributed by atoms with Crippen LogP contribution in [0.3, 0.4) is 0 Å². The van der Waals surface area contributed by atoms with E-state index in [1.165, 1.54) is 30.0 Å². The van der Waals surface area contributed by atoms with E-state index in [0.29, 0.717) is 55.2 Å². The Morgan fingerprint density at radius 1 is 1.24 bits per heavy atom. The highest BCUT2D eigenvalue weighted by Gasteiger charge is 2.28. The molecule has 9 heteroatoms. The number of benzene rings is 2. The Morgan fingerprint density at radius 3 is 2.55 bits per heavy atom. The van der Waals surface area contributed by atoms with E-state index in [1.54, 1.807) is 23.1 Å². The average Bonchev–Trinajstić information content (AvgIpc) is 3.04. The standard InChI is InChI=1S/C24H27F2N5OS/c1-2-20(32)30-7-9-31(10-8-30)24(28)19-11-16(12-25)21(15-3-5-17(26)6-4-15)23-22(19)29-13-18(27)14-33-23/h2-6,11,18,28-29H,1,7-10,12-14,27H2. The van der Waals surface area contributed by atoms with Gasteiger partial charge >= 0.3 is 0 Å². The van der Waals surface area contributed by atoms with Crippen LogP contribution in [0.25, 0.3) is 11.1 Å². The van der Waals surface area contributed by atoms with Crippen molar-refractivity contribution in [2.45, 2.75) is 17.6 Å². The lowest BCUT2D eigenvalue weighted by molar-refractivity contribution is -0.127. The quantitative estimate of drug-likeness (QED) is 0.361. The number of nitrogens with one attached hydrogen (secondary N) is 2. The number of alkyl halides is 1. The number of thioether (sulfide) groups is 1. The van der Waals surface area contributed by atoms with Crippen LogP contribution in [0.4, 0.5) is 14.5 Å². The van der Waals surface area contributed by atoms with Gasteiger partial charge in [-0.15, -0.1) is 11.8 Å². The number of rotatable bonds is 4. The maximum absolute atomic E-state index is 14.3. The van der Waals surface area contributed by atoms with Crippen molar-refractivity contribution in [3.05, 3.63) is 59.9 Å². The third kappa shape index (κ3) is 4.74. The van der Waals surface area contributed by atoms with Crippen molar-refractivity contribution in [2.24, 2.45) is 5.73 Å². The molecule has 1 atom stereocenters. The molecule has 0 aromatic heterocycles. The molecule has 2 heterocycles. The number of nitrogens with two attached hydrogens (primary N) is 1. The fraction of sp³-hybridized carbons (Fsp3) is 0.333. The van der Waals surface area contributed by atoms with Crippen molar-refractivity contribution in [1.82, 2.24) is 9.80 Å². The van der Waals surface area contributed by atoms with Crippen LogP contribution in [0, 0.1) is 11.2 Å². The van der Waals surface area contributed by atoms with E-state index < -0.39 is 6.67 Å². The van der Waals surface area contributed by atoms with Gasteiger partial charge in [-0.3, -0.25) is 10.2 Å². The van der Waals surface area contributed by atoms with Gasteiger partial charge in [-0.25, -0.2) is 8.78 Å². The van der Waals surface area contributed by atoms with Crippen molar-refractivity contribution in [1.29, 1.82) is 5.41 Å². The highest BCUT2D eigenvalue weighted by Crippen LogP contribution is 2.44. The fourth-order valence-corrected chi connectivity index (χ4v) is 5.41. The SMILES string of the molecule is C=CC(=O)N1CCN(C(=N)c2cc(CF)c(-c3ccc(F)cc3)c3c2NCC(N)CS3)CC1. The number of halogens is 2. The minimum Gasteiger partial charge on any atom is -0.382 e. The van der Waals surface area contributed by atoms with Crippen LogP contribution in [0.5, 0.6) is 0 Å². The zero-order valence-electron chi connectivity index (χ0n) is 18.2. The molecule has 1 saturated heterocycles. The number of piperazine rings is 1. The summed E-state index contributed by atoms with van der Waals surface area (Å²) in [6, 6.07) is 7.64. The molecule has 1 amide bonds. The van der Waals surface area contributed by atoms with Crippen LogP contribution >= 0.6 is 11.8 Å². The molecule has 4 N–H and O–H groups in total. The molecule has 1 fully saturated rings. The lowest BCUT2D eigenvalue weighted by atomic mass is 9.95. The first-order valence-electron chi connectivity index (χ1n) is 10.8. The first-order valence-corrected chi connectivity index (χ1v) is 11.8. The summed E-state index contributed by atoms with van der Waals surface area (Å²) in [6.45, 7) is 5.34. The molecule has 1 unspecified atom stereocenters. The van der Waals surface area contributed by atoms with E-state index >= 15 is 0 Å². The molecular formula is C24H27F2N5OS. The molecule has 0 radical (unpaired) electrons. The second-order valence-electron chi connectivity index (χ2n) is 8.12. The number of amides is 1. The second kappa shape index (κ2) is 9.93. The van der Waals surface area contributed by atoms with Crippen molar-refractivity contribution in [2.75, 3.05) is 43.8 Å². The molecule has 33 heavy (non-hydrogen) atoms. The van der Waals surface area contributed by atoms with Gasteiger partial charge in [0, 0.05) is 60.5 Å². The number of amidine groups is 1. The molecule has 0 aliphatic carbocycles. The normalized spacial score (nSPS) is 18.2. The van der Waals surface area contributed by atoms with Crippen molar-refractivity contribution >= 4 is 29.2 Å². The molecule has 6 nitrogen and oxygen atoms in total. The molecular weight excluding hydrogens is 444 g/mol. The van der Waals surface area contributed by atoms with Gasteiger partial charge in [0.05, 0.1) is 5.69 Å². The Balaban J connectivity index is 1.75. The van der Waals surface area contributed by atoms with E-state index in [4.69, 9.17) is 11.1 Å². The zero-order valence-corrected chi connectivity index (χ0v) is 19.1. The van der Waals surface area contributed by atoms with Gasteiger partial charge in [-0.05, 0) is 35.4 Å². The predicted octanol–water partition coefficient (Wildman–Crippen LogP) is 3.46. The van der Waals surface area contributed by atoms with E-state index in [9.17, 15) is 13.6 Å². The minimum atomic E-state index is -0.714. The summed E-state index contributed by atoms with van der Waals surface area (Å²) in [5.74, 6) is 0.442. The van der Waals surface area contributed by atoms with E-state index in [-0.39, 0.29) is 23.6 Å². The summed E-state index contributed by atoms with van der Waals surface area (Å²) in [4.78, 5) is 16.3. The number of fused-ring (bicyclic) bond motifs is 1. The molecule has 0 bridgehead atoms. The Labute approximate surface area is 196 Å². The molecule has 2 aliphatic heterocycles. The number of anilines is 1. The van der Waals surface area contributed by atoms with Crippen molar-refractivity contribution in [3.8, 4) is 11.1 Å². The topological polar surface area (TPSA) is 85.5 Å². The summed E-state index contributed by atoms with van der Waals surface area (Å²) >= 11 is 1.53. The van der Waals surface area contributed by atoms with Crippen molar-refractivity contribution < 1.29 is 13.6 Å². The zero-order chi connectivity index (χ0) is 23.5. The van der Waals surface area contributed by atoms with E-state index in [0.717, 1.165) is 16.1 Å². The Morgan fingerprint density at radius 2 is 1.91 bits per heavy atom. The number of carbonyl (C=O) groups excluding carboxylic acids is 1. The third-order valence-corrected chi connectivity index (χ3v) is 7.25. The predicted molar refractivity (Wildman–Crippen MR) is 129 cm³/mol. The van der Waals surface area contributed by atoms with Crippen LogP contribution < -0.4 is 11.1 Å². The van der Waals surface area contributed by atoms with Crippen LogP contribution in [0.2, 0.25) is 0 Å². The fourth-order valence-electron chi connectivity index (χ4n) is 4.19. The highest BCUT2D eigenvalue weighted by molar-refractivity contribution is 7.99. The average molecular weight is 472 g/mol. The molecule has 2 aromatic carbocycles. The van der Waals surface area contributed by atoms with E-state index in [1.807, 2.05) is 4.90 Å². The Kier molecular flexibility index (Phi) is 6.99. The summed E-state index contributed by atoms with van der Waals surface area (Å²) < 4.78 is 27.8. The van der Waals surface area contributed by atoms with Gasteiger partial charge in [0.2, 0.25) is 5.91 Å². The number of nitrogens with zero attached hydrogens (tertiary/aromatic N) is 2.